The summed E-state index contributed by atoms with van der Waals surface area (Å²) >= 11 is 0. The first-order chi connectivity index (χ1) is 9.74. The summed E-state index contributed by atoms with van der Waals surface area (Å²) in [6, 6.07) is 12.0. The van der Waals surface area contributed by atoms with Crippen LogP contribution in [0.15, 0.2) is 48.8 Å². The highest BCUT2D eigenvalue weighted by molar-refractivity contribution is 5.53. The van der Waals surface area contributed by atoms with Crippen molar-refractivity contribution in [2.45, 2.75) is 13.0 Å². The lowest BCUT2D eigenvalue weighted by atomic mass is 10.1. The van der Waals surface area contributed by atoms with Crippen molar-refractivity contribution in [3.63, 3.8) is 0 Å². The van der Waals surface area contributed by atoms with E-state index in [4.69, 9.17) is 0 Å². The fourth-order valence-electron chi connectivity index (χ4n) is 2.77. The van der Waals surface area contributed by atoms with Gasteiger partial charge in [0.1, 0.15) is 5.75 Å². The minimum Gasteiger partial charge on any atom is -0.508 e. The van der Waals surface area contributed by atoms with E-state index < -0.39 is 0 Å². The van der Waals surface area contributed by atoms with Gasteiger partial charge in [-0.2, -0.15) is 0 Å². The molecular weight excluding hydrogens is 250 g/mol. The van der Waals surface area contributed by atoms with E-state index in [0.29, 0.717) is 11.8 Å². The fourth-order valence-corrected chi connectivity index (χ4v) is 2.77. The van der Waals surface area contributed by atoms with Gasteiger partial charge in [-0.05, 0) is 43.3 Å². The van der Waals surface area contributed by atoms with Crippen LogP contribution in [0.2, 0.25) is 0 Å². The van der Waals surface area contributed by atoms with Gasteiger partial charge in [0.2, 0.25) is 0 Å². The molecule has 1 unspecified atom stereocenters. The van der Waals surface area contributed by atoms with E-state index >= 15 is 0 Å². The quantitative estimate of drug-likeness (QED) is 0.909. The van der Waals surface area contributed by atoms with Crippen molar-refractivity contribution in [1.29, 1.82) is 0 Å². The van der Waals surface area contributed by atoms with Crippen LogP contribution in [0.5, 0.6) is 5.75 Å². The lowest BCUT2D eigenvalue weighted by Gasteiger charge is -2.42. The second kappa shape index (κ2) is 5.41. The molecule has 1 saturated heterocycles. The van der Waals surface area contributed by atoms with Crippen molar-refractivity contribution in [3.8, 4) is 5.75 Å². The zero-order valence-electron chi connectivity index (χ0n) is 11.6. The summed E-state index contributed by atoms with van der Waals surface area (Å²) < 4.78 is 0. The summed E-state index contributed by atoms with van der Waals surface area (Å²) in [6.45, 7) is 5.20. The summed E-state index contributed by atoms with van der Waals surface area (Å²) in [6.07, 6.45) is 3.68. The van der Waals surface area contributed by atoms with Gasteiger partial charge in [0.15, 0.2) is 0 Å². The number of hydrogen-bond donors (Lipinski definition) is 1. The molecule has 104 valence electrons. The predicted octanol–water partition coefficient (Wildman–Crippen LogP) is 2.50. The number of aromatic hydroxyl groups is 1. The molecule has 3 rings (SSSR count). The molecule has 0 radical (unpaired) electrons. The third-order valence-electron chi connectivity index (χ3n) is 3.84. The van der Waals surface area contributed by atoms with E-state index in [1.54, 1.807) is 12.1 Å². The number of hydrogen-bond acceptors (Lipinski definition) is 4. The number of phenols is 1. The van der Waals surface area contributed by atoms with Crippen molar-refractivity contribution >= 4 is 11.4 Å². The molecule has 2 heterocycles. The van der Waals surface area contributed by atoms with Gasteiger partial charge in [-0.25, -0.2) is 0 Å². The summed E-state index contributed by atoms with van der Waals surface area (Å²) in [7, 11) is 0. The topological polar surface area (TPSA) is 39.6 Å². The summed E-state index contributed by atoms with van der Waals surface area (Å²) in [5.41, 5.74) is 2.40. The van der Waals surface area contributed by atoms with Gasteiger partial charge in [-0.3, -0.25) is 4.98 Å². The van der Waals surface area contributed by atoms with Gasteiger partial charge < -0.3 is 14.9 Å². The van der Waals surface area contributed by atoms with Gasteiger partial charge in [0.25, 0.3) is 0 Å². The maximum atomic E-state index is 9.38. The minimum atomic E-state index is 0.317. The number of piperazine rings is 1. The van der Waals surface area contributed by atoms with E-state index in [0.717, 1.165) is 19.6 Å². The molecule has 0 aliphatic carbocycles. The first-order valence-corrected chi connectivity index (χ1v) is 6.95. The lowest BCUT2D eigenvalue weighted by molar-refractivity contribution is 0.475. The molecule has 4 nitrogen and oxygen atoms in total. The van der Waals surface area contributed by atoms with E-state index in [9.17, 15) is 5.11 Å². The maximum absolute atomic E-state index is 9.38. The highest BCUT2D eigenvalue weighted by atomic mass is 16.3. The molecule has 0 bridgehead atoms. The molecule has 4 heteroatoms. The monoisotopic (exact) mass is 269 g/mol. The average Bonchev–Trinajstić information content (AvgIpc) is 2.49. The highest BCUT2D eigenvalue weighted by Gasteiger charge is 2.23. The van der Waals surface area contributed by atoms with E-state index in [-0.39, 0.29) is 0 Å². The molecule has 20 heavy (non-hydrogen) atoms. The Kier molecular flexibility index (Phi) is 3.46. The Labute approximate surface area is 119 Å². The largest absolute Gasteiger partial charge is 0.508 e. The molecule has 1 fully saturated rings. The molecule has 0 amide bonds. The van der Waals surface area contributed by atoms with Crippen molar-refractivity contribution in [2.24, 2.45) is 0 Å². The van der Waals surface area contributed by atoms with Gasteiger partial charge >= 0.3 is 0 Å². The smallest absolute Gasteiger partial charge is 0.115 e. The third kappa shape index (κ3) is 2.54. The van der Waals surface area contributed by atoms with Crippen LogP contribution in [0.4, 0.5) is 11.4 Å². The predicted molar refractivity (Wildman–Crippen MR) is 81.4 cm³/mol. The zero-order valence-corrected chi connectivity index (χ0v) is 11.6. The van der Waals surface area contributed by atoms with Gasteiger partial charge in [-0.15, -0.1) is 0 Å². The number of phenolic OH excluding ortho intramolecular Hbond substituents is 1. The molecule has 1 aliphatic rings. The number of aromatic nitrogens is 1. The molecule has 0 spiro atoms. The van der Waals surface area contributed by atoms with Crippen molar-refractivity contribution in [1.82, 2.24) is 4.98 Å². The Morgan fingerprint density at radius 1 is 1.00 bits per heavy atom. The minimum absolute atomic E-state index is 0.317. The normalized spacial score (nSPS) is 19.1. The van der Waals surface area contributed by atoms with Crippen LogP contribution >= 0.6 is 0 Å². The summed E-state index contributed by atoms with van der Waals surface area (Å²) in [4.78, 5) is 8.85. The SMILES string of the molecule is CC1CN(c2ccncc2)CCN1c1ccc(O)cc1. The van der Waals surface area contributed by atoms with Crippen LogP contribution in [0.1, 0.15) is 6.92 Å². The molecular formula is C16H19N3O. The number of benzene rings is 1. The van der Waals surface area contributed by atoms with Crippen molar-refractivity contribution in [2.75, 3.05) is 29.4 Å². The number of nitrogens with zero attached hydrogens (tertiary/aromatic N) is 3. The molecule has 1 aromatic carbocycles. The lowest BCUT2D eigenvalue weighted by Crippen LogP contribution is -2.52. The number of rotatable bonds is 2. The standard InChI is InChI=1S/C16H19N3O/c1-13-12-18(14-6-8-17-9-7-14)10-11-19(13)15-2-4-16(20)5-3-15/h2-9,13,20H,10-12H2,1H3. The first kappa shape index (κ1) is 12.8. The fraction of sp³-hybridized carbons (Fsp3) is 0.312. The Bertz CT molecular complexity index is 556. The third-order valence-corrected chi connectivity index (χ3v) is 3.84. The molecule has 0 saturated carbocycles. The molecule has 1 aromatic heterocycles. The van der Waals surface area contributed by atoms with Crippen LogP contribution < -0.4 is 9.80 Å². The zero-order chi connectivity index (χ0) is 13.9. The Balaban J connectivity index is 1.72. The molecule has 2 aromatic rings. The highest BCUT2D eigenvalue weighted by Crippen LogP contribution is 2.25. The van der Waals surface area contributed by atoms with Gasteiger partial charge in [0, 0.05) is 49.4 Å². The van der Waals surface area contributed by atoms with E-state index in [2.05, 4.69) is 33.8 Å². The second-order valence-electron chi connectivity index (χ2n) is 5.21. The van der Waals surface area contributed by atoms with Crippen LogP contribution in [-0.4, -0.2) is 35.8 Å². The Morgan fingerprint density at radius 2 is 1.70 bits per heavy atom. The Hall–Kier alpha value is -2.23. The first-order valence-electron chi connectivity index (χ1n) is 6.95. The molecule has 1 atom stereocenters. The maximum Gasteiger partial charge on any atom is 0.115 e. The van der Waals surface area contributed by atoms with E-state index in [1.807, 2.05) is 24.5 Å². The van der Waals surface area contributed by atoms with Crippen LogP contribution in [-0.2, 0) is 0 Å². The summed E-state index contributed by atoms with van der Waals surface area (Å²) in [5, 5.41) is 9.38. The average molecular weight is 269 g/mol. The van der Waals surface area contributed by atoms with Crippen LogP contribution in [0.25, 0.3) is 0 Å². The second-order valence-corrected chi connectivity index (χ2v) is 5.21. The van der Waals surface area contributed by atoms with Gasteiger partial charge in [0.05, 0.1) is 0 Å². The van der Waals surface area contributed by atoms with Crippen LogP contribution in [0.3, 0.4) is 0 Å². The summed E-state index contributed by atoms with van der Waals surface area (Å²) in [5.74, 6) is 0.317. The number of anilines is 2. The van der Waals surface area contributed by atoms with Crippen LogP contribution in [0, 0.1) is 0 Å². The van der Waals surface area contributed by atoms with Gasteiger partial charge in [-0.1, -0.05) is 0 Å². The van der Waals surface area contributed by atoms with Crippen molar-refractivity contribution < 1.29 is 5.11 Å². The Morgan fingerprint density at radius 3 is 2.35 bits per heavy atom. The molecule has 1 aliphatic heterocycles. The number of pyridine rings is 1. The van der Waals surface area contributed by atoms with E-state index in [1.165, 1.54) is 11.4 Å². The van der Waals surface area contributed by atoms with Crippen molar-refractivity contribution in [3.05, 3.63) is 48.8 Å². The molecule has 1 N–H and O–H groups in total.